The molecule has 0 saturated carbocycles. The van der Waals surface area contributed by atoms with Gasteiger partial charge in [0.2, 0.25) is 11.8 Å². The van der Waals surface area contributed by atoms with Gasteiger partial charge in [0.05, 0.1) is 6.54 Å². The minimum absolute atomic E-state index is 0.0360. The Morgan fingerprint density at radius 2 is 1.78 bits per heavy atom. The van der Waals surface area contributed by atoms with Crippen molar-refractivity contribution in [3.8, 4) is 0 Å². The molecule has 18 heavy (non-hydrogen) atoms. The highest BCUT2D eigenvalue weighted by atomic mass is 35.5. The SMILES string of the molecule is CCN(C(=O)CN(C)C(=O)CCl)c1ccccc1. The molecule has 2 amide bonds. The van der Waals surface area contributed by atoms with Gasteiger partial charge in [-0.25, -0.2) is 0 Å². The lowest BCUT2D eigenvalue weighted by molar-refractivity contribution is -0.131. The zero-order valence-corrected chi connectivity index (χ0v) is 11.4. The molecule has 98 valence electrons. The van der Waals surface area contributed by atoms with Gasteiger partial charge in [0, 0.05) is 19.3 Å². The Morgan fingerprint density at radius 1 is 1.17 bits per heavy atom. The first kappa shape index (κ1) is 14.5. The van der Waals surface area contributed by atoms with Crippen LogP contribution >= 0.6 is 11.6 Å². The van der Waals surface area contributed by atoms with Crippen molar-refractivity contribution in [2.45, 2.75) is 6.92 Å². The standard InChI is InChI=1S/C13H17ClN2O2/c1-3-16(11-7-5-4-6-8-11)13(18)10-15(2)12(17)9-14/h4-8H,3,9-10H2,1-2H3. The minimum Gasteiger partial charge on any atom is -0.335 e. The molecule has 0 aliphatic rings. The van der Waals surface area contributed by atoms with Crippen molar-refractivity contribution in [1.82, 2.24) is 4.90 Å². The Labute approximate surface area is 112 Å². The van der Waals surface area contributed by atoms with Crippen LogP contribution in [-0.2, 0) is 9.59 Å². The summed E-state index contributed by atoms with van der Waals surface area (Å²) in [4.78, 5) is 26.4. The number of rotatable bonds is 5. The van der Waals surface area contributed by atoms with Gasteiger partial charge < -0.3 is 9.80 Å². The number of carbonyl (C=O) groups excluding carboxylic acids is 2. The zero-order valence-electron chi connectivity index (χ0n) is 10.6. The monoisotopic (exact) mass is 268 g/mol. The minimum atomic E-state index is -0.255. The molecule has 0 spiro atoms. The van der Waals surface area contributed by atoms with Crippen molar-refractivity contribution < 1.29 is 9.59 Å². The summed E-state index contributed by atoms with van der Waals surface area (Å²) in [7, 11) is 1.57. The van der Waals surface area contributed by atoms with Gasteiger partial charge in [0.15, 0.2) is 0 Å². The number of likely N-dealkylation sites (N-methyl/N-ethyl adjacent to an activating group) is 2. The lowest BCUT2D eigenvalue weighted by Gasteiger charge is -2.24. The maximum Gasteiger partial charge on any atom is 0.246 e. The van der Waals surface area contributed by atoms with Crippen LogP contribution in [0.1, 0.15) is 6.92 Å². The van der Waals surface area contributed by atoms with Crippen LogP contribution in [0, 0.1) is 0 Å². The van der Waals surface area contributed by atoms with Crippen molar-refractivity contribution in [2.75, 3.05) is 30.9 Å². The first-order chi connectivity index (χ1) is 8.60. The third-order valence-electron chi connectivity index (χ3n) is 2.60. The van der Waals surface area contributed by atoms with Crippen molar-refractivity contribution in [3.05, 3.63) is 30.3 Å². The number of alkyl halides is 1. The molecule has 0 unspecified atom stereocenters. The third-order valence-corrected chi connectivity index (χ3v) is 2.83. The van der Waals surface area contributed by atoms with Crippen LogP contribution in [0.25, 0.3) is 0 Å². The molecule has 0 aliphatic heterocycles. The molecule has 4 nitrogen and oxygen atoms in total. The normalized spacial score (nSPS) is 9.94. The van der Waals surface area contributed by atoms with Crippen LogP contribution in [0.2, 0.25) is 0 Å². The number of hydrogen-bond acceptors (Lipinski definition) is 2. The van der Waals surface area contributed by atoms with Gasteiger partial charge in [0.25, 0.3) is 0 Å². The first-order valence-corrected chi connectivity index (χ1v) is 6.29. The maximum atomic E-state index is 12.1. The van der Waals surface area contributed by atoms with E-state index in [1.165, 1.54) is 4.90 Å². The van der Waals surface area contributed by atoms with Crippen LogP contribution < -0.4 is 4.90 Å². The second-order valence-corrected chi connectivity index (χ2v) is 4.12. The van der Waals surface area contributed by atoms with E-state index in [9.17, 15) is 9.59 Å². The maximum absolute atomic E-state index is 12.1. The summed E-state index contributed by atoms with van der Waals surface area (Å²) in [5.74, 6) is -0.486. The van der Waals surface area contributed by atoms with E-state index in [0.29, 0.717) is 6.54 Å². The Kier molecular flexibility index (Phi) is 5.65. The topological polar surface area (TPSA) is 40.6 Å². The van der Waals surface area contributed by atoms with Crippen LogP contribution in [0.3, 0.4) is 0 Å². The molecule has 0 atom stereocenters. The fraction of sp³-hybridized carbons (Fsp3) is 0.385. The quantitative estimate of drug-likeness (QED) is 0.763. The van der Waals surface area contributed by atoms with Crippen molar-refractivity contribution in [2.24, 2.45) is 0 Å². The second-order valence-electron chi connectivity index (χ2n) is 3.86. The number of para-hydroxylation sites is 1. The van der Waals surface area contributed by atoms with Gasteiger partial charge in [-0.15, -0.1) is 11.6 Å². The molecule has 0 saturated heterocycles. The second kappa shape index (κ2) is 7.01. The van der Waals surface area contributed by atoms with Crippen molar-refractivity contribution in [3.63, 3.8) is 0 Å². The van der Waals surface area contributed by atoms with Gasteiger partial charge in [0.1, 0.15) is 5.88 Å². The lowest BCUT2D eigenvalue weighted by Crippen LogP contribution is -2.41. The molecule has 0 bridgehead atoms. The smallest absolute Gasteiger partial charge is 0.246 e. The molecule has 0 aromatic heterocycles. The highest BCUT2D eigenvalue weighted by molar-refractivity contribution is 6.27. The molecule has 0 aliphatic carbocycles. The van der Waals surface area contributed by atoms with Gasteiger partial charge in [-0.1, -0.05) is 18.2 Å². The summed E-state index contributed by atoms with van der Waals surface area (Å²) in [5.41, 5.74) is 0.830. The Balaban J connectivity index is 2.72. The number of hydrogen-bond donors (Lipinski definition) is 0. The van der Waals surface area contributed by atoms with Crippen LogP contribution in [0.5, 0.6) is 0 Å². The van der Waals surface area contributed by atoms with Crippen molar-refractivity contribution >= 4 is 29.1 Å². The van der Waals surface area contributed by atoms with Gasteiger partial charge >= 0.3 is 0 Å². The third kappa shape index (κ3) is 3.74. The zero-order chi connectivity index (χ0) is 13.5. The summed E-state index contributed by atoms with van der Waals surface area (Å²) in [6.07, 6.45) is 0. The number of amides is 2. The molecule has 0 fully saturated rings. The number of carbonyl (C=O) groups is 2. The summed E-state index contributed by atoms with van der Waals surface area (Å²) < 4.78 is 0. The molecule has 1 aromatic rings. The predicted molar refractivity (Wildman–Crippen MR) is 72.8 cm³/mol. The molecule has 1 rings (SSSR count). The average Bonchev–Trinajstić information content (AvgIpc) is 2.39. The molecule has 0 heterocycles. The Hall–Kier alpha value is -1.55. The average molecular weight is 269 g/mol. The van der Waals surface area contributed by atoms with E-state index in [-0.39, 0.29) is 24.2 Å². The van der Waals surface area contributed by atoms with Gasteiger partial charge in [-0.3, -0.25) is 9.59 Å². The number of nitrogens with zero attached hydrogens (tertiary/aromatic N) is 2. The fourth-order valence-electron chi connectivity index (χ4n) is 1.59. The predicted octanol–water partition coefficient (Wildman–Crippen LogP) is 1.74. The Morgan fingerprint density at radius 3 is 2.28 bits per heavy atom. The number of benzene rings is 1. The van der Waals surface area contributed by atoms with E-state index in [4.69, 9.17) is 11.6 Å². The highest BCUT2D eigenvalue weighted by Gasteiger charge is 2.17. The molecular formula is C13H17ClN2O2. The van der Waals surface area contributed by atoms with E-state index >= 15 is 0 Å². The summed E-state index contributed by atoms with van der Waals surface area (Å²) in [6, 6.07) is 9.37. The molecule has 1 aromatic carbocycles. The van der Waals surface area contributed by atoms with E-state index in [1.807, 2.05) is 37.3 Å². The number of anilines is 1. The highest BCUT2D eigenvalue weighted by Crippen LogP contribution is 2.13. The van der Waals surface area contributed by atoms with Crippen LogP contribution in [0.15, 0.2) is 30.3 Å². The van der Waals surface area contributed by atoms with Crippen molar-refractivity contribution in [1.29, 1.82) is 0 Å². The van der Waals surface area contributed by atoms with E-state index < -0.39 is 0 Å². The molecular weight excluding hydrogens is 252 g/mol. The summed E-state index contributed by atoms with van der Waals surface area (Å²) in [6.45, 7) is 2.49. The van der Waals surface area contributed by atoms with E-state index in [1.54, 1.807) is 11.9 Å². The van der Waals surface area contributed by atoms with Crippen LogP contribution in [0.4, 0.5) is 5.69 Å². The van der Waals surface area contributed by atoms with Gasteiger partial charge in [-0.2, -0.15) is 0 Å². The largest absolute Gasteiger partial charge is 0.335 e. The molecule has 0 radical (unpaired) electrons. The van der Waals surface area contributed by atoms with Gasteiger partial charge in [-0.05, 0) is 19.1 Å². The van der Waals surface area contributed by atoms with Crippen LogP contribution in [-0.4, -0.2) is 42.7 Å². The lowest BCUT2D eigenvalue weighted by atomic mass is 10.3. The fourth-order valence-corrected chi connectivity index (χ4v) is 1.79. The first-order valence-electron chi connectivity index (χ1n) is 5.75. The Bertz CT molecular complexity index is 409. The van der Waals surface area contributed by atoms with E-state index in [2.05, 4.69) is 0 Å². The summed E-state index contributed by atoms with van der Waals surface area (Å²) in [5, 5.41) is 0. The molecule has 0 N–H and O–H groups in total. The molecule has 5 heteroatoms. The number of halogens is 1. The summed E-state index contributed by atoms with van der Waals surface area (Å²) >= 11 is 5.44. The van der Waals surface area contributed by atoms with E-state index in [0.717, 1.165) is 5.69 Å².